The van der Waals surface area contributed by atoms with Crippen LogP contribution in [0.1, 0.15) is 5.56 Å². The molecule has 0 aliphatic carbocycles. The summed E-state index contributed by atoms with van der Waals surface area (Å²) in [6, 6.07) is 17.5. The molecule has 0 spiro atoms. The monoisotopic (exact) mass is 417 g/mol. The number of benzene rings is 2. The van der Waals surface area contributed by atoms with Crippen LogP contribution < -0.4 is 4.74 Å². The smallest absolute Gasteiger partial charge is 0.233 e. The Balaban J connectivity index is 1.59. The molecule has 2 aromatic carbocycles. The van der Waals surface area contributed by atoms with Crippen LogP contribution in [-0.2, 0) is 11.3 Å². The summed E-state index contributed by atoms with van der Waals surface area (Å²) in [5.41, 5.74) is 1.95. The second kappa shape index (κ2) is 9.16. The third-order valence-electron chi connectivity index (χ3n) is 3.83. The molecular formula is C19H19N3O2S3. The molecule has 140 valence electrons. The molecule has 0 aliphatic rings. The van der Waals surface area contributed by atoms with E-state index in [1.165, 1.54) is 23.1 Å². The van der Waals surface area contributed by atoms with Gasteiger partial charge in [-0.3, -0.25) is 4.79 Å². The summed E-state index contributed by atoms with van der Waals surface area (Å²) < 4.78 is 8.41. The fraction of sp³-hybridized carbons (Fsp3) is 0.211. The van der Waals surface area contributed by atoms with E-state index in [0.29, 0.717) is 16.3 Å². The second-order valence-electron chi connectivity index (χ2n) is 5.77. The number of aromatic nitrogens is 2. The highest BCUT2D eigenvalue weighted by atomic mass is 32.2. The van der Waals surface area contributed by atoms with Gasteiger partial charge < -0.3 is 9.64 Å². The Bertz CT molecular complexity index is 970. The van der Waals surface area contributed by atoms with Crippen molar-refractivity contribution in [3.05, 3.63) is 64.1 Å². The molecule has 3 aromatic rings. The molecule has 1 amide bonds. The first kappa shape index (κ1) is 19.6. The van der Waals surface area contributed by atoms with Crippen molar-refractivity contribution in [1.82, 2.24) is 14.7 Å². The molecule has 0 saturated heterocycles. The number of methoxy groups -OCH3 is 1. The Morgan fingerprint density at radius 1 is 1.26 bits per heavy atom. The Labute approximate surface area is 171 Å². The van der Waals surface area contributed by atoms with E-state index in [2.05, 4.69) is 5.10 Å². The van der Waals surface area contributed by atoms with E-state index in [-0.39, 0.29) is 5.91 Å². The first-order valence-electron chi connectivity index (χ1n) is 8.22. The van der Waals surface area contributed by atoms with Crippen molar-refractivity contribution >= 4 is 41.2 Å². The molecule has 0 bridgehead atoms. The molecule has 27 heavy (non-hydrogen) atoms. The summed E-state index contributed by atoms with van der Waals surface area (Å²) in [5.74, 6) is 1.14. The summed E-state index contributed by atoms with van der Waals surface area (Å²) in [6.45, 7) is 0.533. The molecule has 0 unspecified atom stereocenters. The number of carbonyl (C=O) groups excluding carboxylic acids is 1. The van der Waals surface area contributed by atoms with Gasteiger partial charge in [-0.15, -0.1) is 5.10 Å². The molecule has 0 N–H and O–H groups in total. The van der Waals surface area contributed by atoms with Crippen LogP contribution in [0, 0.1) is 3.95 Å². The Kier molecular flexibility index (Phi) is 6.65. The molecule has 0 atom stereocenters. The minimum absolute atomic E-state index is 0.0372. The average Bonchev–Trinajstić information content (AvgIpc) is 3.07. The highest BCUT2D eigenvalue weighted by molar-refractivity contribution is 8.01. The number of nitrogens with zero attached hydrogens (tertiary/aromatic N) is 3. The molecule has 0 saturated carbocycles. The van der Waals surface area contributed by atoms with Gasteiger partial charge in [0.25, 0.3) is 0 Å². The molecule has 0 radical (unpaired) electrons. The van der Waals surface area contributed by atoms with Crippen LogP contribution in [0.4, 0.5) is 0 Å². The number of carbonyl (C=O) groups is 1. The second-order valence-corrected chi connectivity index (χ2v) is 8.62. The van der Waals surface area contributed by atoms with E-state index in [1.54, 1.807) is 23.7 Å². The van der Waals surface area contributed by atoms with Gasteiger partial charge in [0.05, 0.1) is 18.6 Å². The quantitative estimate of drug-likeness (QED) is 0.421. The fourth-order valence-electron chi connectivity index (χ4n) is 2.42. The van der Waals surface area contributed by atoms with E-state index in [1.807, 2.05) is 54.6 Å². The van der Waals surface area contributed by atoms with Crippen molar-refractivity contribution in [1.29, 1.82) is 0 Å². The van der Waals surface area contributed by atoms with Crippen LogP contribution >= 0.6 is 35.3 Å². The van der Waals surface area contributed by atoms with Crippen LogP contribution in [0.25, 0.3) is 5.69 Å². The van der Waals surface area contributed by atoms with Crippen LogP contribution in [0.2, 0.25) is 0 Å². The van der Waals surface area contributed by atoms with Crippen molar-refractivity contribution in [2.75, 3.05) is 19.9 Å². The third-order valence-corrected chi connectivity index (χ3v) is 6.18. The fourth-order valence-corrected chi connectivity index (χ4v) is 4.72. The summed E-state index contributed by atoms with van der Waals surface area (Å²) in [7, 11) is 3.43. The zero-order chi connectivity index (χ0) is 19.2. The third kappa shape index (κ3) is 5.18. The topological polar surface area (TPSA) is 47.4 Å². The molecule has 1 aromatic heterocycles. The lowest BCUT2D eigenvalue weighted by atomic mass is 10.2. The normalized spacial score (nSPS) is 10.6. The number of para-hydroxylation sites is 1. The SMILES string of the molecule is COc1cccc(CN(C)C(=O)CSc2nn(-c3ccccc3)c(=S)s2)c1. The van der Waals surface area contributed by atoms with Crippen LogP contribution in [0.3, 0.4) is 0 Å². The maximum Gasteiger partial charge on any atom is 0.233 e. The Hall–Kier alpha value is -2.16. The van der Waals surface area contributed by atoms with E-state index in [0.717, 1.165) is 21.3 Å². The number of ether oxygens (including phenoxy) is 1. The number of hydrogen-bond donors (Lipinski definition) is 0. The van der Waals surface area contributed by atoms with E-state index in [9.17, 15) is 4.79 Å². The van der Waals surface area contributed by atoms with Crippen molar-refractivity contribution in [3.8, 4) is 11.4 Å². The lowest BCUT2D eigenvalue weighted by Gasteiger charge is -2.17. The van der Waals surface area contributed by atoms with Gasteiger partial charge in [-0.2, -0.15) is 0 Å². The van der Waals surface area contributed by atoms with Crippen LogP contribution in [0.15, 0.2) is 58.9 Å². The zero-order valence-electron chi connectivity index (χ0n) is 15.0. The molecule has 0 aliphatic heterocycles. The first-order valence-corrected chi connectivity index (χ1v) is 10.4. The molecule has 1 heterocycles. The number of amides is 1. The van der Waals surface area contributed by atoms with E-state index in [4.69, 9.17) is 17.0 Å². The van der Waals surface area contributed by atoms with Gasteiger partial charge in [-0.1, -0.05) is 53.4 Å². The minimum Gasteiger partial charge on any atom is -0.497 e. The van der Waals surface area contributed by atoms with Gasteiger partial charge in [-0.05, 0) is 42.0 Å². The highest BCUT2D eigenvalue weighted by Crippen LogP contribution is 2.24. The van der Waals surface area contributed by atoms with Crippen molar-refractivity contribution in [3.63, 3.8) is 0 Å². The van der Waals surface area contributed by atoms with Crippen LogP contribution in [-0.4, -0.2) is 40.5 Å². The lowest BCUT2D eigenvalue weighted by Crippen LogP contribution is -2.27. The van der Waals surface area contributed by atoms with Crippen molar-refractivity contribution in [2.45, 2.75) is 10.9 Å². The van der Waals surface area contributed by atoms with Gasteiger partial charge in [0.1, 0.15) is 5.75 Å². The minimum atomic E-state index is 0.0372. The lowest BCUT2D eigenvalue weighted by molar-refractivity contribution is -0.127. The largest absolute Gasteiger partial charge is 0.497 e. The number of hydrogen-bond acceptors (Lipinski definition) is 6. The molecule has 0 fully saturated rings. The van der Waals surface area contributed by atoms with Gasteiger partial charge in [0.15, 0.2) is 8.29 Å². The predicted octanol–water partition coefficient (Wildman–Crippen LogP) is 4.42. The predicted molar refractivity (Wildman–Crippen MR) is 112 cm³/mol. The van der Waals surface area contributed by atoms with E-state index < -0.39 is 0 Å². The zero-order valence-corrected chi connectivity index (χ0v) is 17.4. The van der Waals surface area contributed by atoms with Gasteiger partial charge >= 0.3 is 0 Å². The Morgan fingerprint density at radius 3 is 2.78 bits per heavy atom. The van der Waals surface area contributed by atoms with E-state index >= 15 is 0 Å². The summed E-state index contributed by atoms with van der Waals surface area (Å²) >= 11 is 8.22. The number of thioether (sulfide) groups is 1. The standard InChI is InChI=1S/C19H19N3O2S3/c1-21(12-14-7-6-10-16(11-14)24-2)17(23)13-26-18-20-22(19(25)27-18)15-8-4-3-5-9-15/h3-11H,12-13H2,1-2H3. The summed E-state index contributed by atoms with van der Waals surface area (Å²) in [5, 5.41) is 4.52. The molecule has 5 nitrogen and oxygen atoms in total. The summed E-state index contributed by atoms with van der Waals surface area (Å²) in [4.78, 5) is 14.2. The van der Waals surface area contributed by atoms with Crippen molar-refractivity contribution in [2.24, 2.45) is 0 Å². The highest BCUT2D eigenvalue weighted by Gasteiger charge is 2.13. The summed E-state index contributed by atoms with van der Waals surface area (Å²) in [6.07, 6.45) is 0. The van der Waals surface area contributed by atoms with Crippen LogP contribution in [0.5, 0.6) is 5.75 Å². The first-order chi connectivity index (χ1) is 13.1. The Morgan fingerprint density at radius 2 is 2.04 bits per heavy atom. The maximum atomic E-state index is 12.5. The van der Waals surface area contributed by atoms with Gasteiger partial charge in [0.2, 0.25) is 5.91 Å². The van der Waals surface area contributed by atoms with Crippen molar-refractivity contribution < 1.29 is 9.53 Å². The van der Waals surface area contributed by atoms with Gasteiger partial charge in [0, 0.05) is 13.6 Å². The average molecular weight is 418 g/mol. The molecule has 3 rings (SSSR count). The van der Waals surface area contributed by atoms with Gasteiger partial charge in [-0.25, -0.2) is 4.68 Å². The maximum absolute atomic E-state index is 12.5. The molecule has 8 heteroatoms. The molecular weight excluding hydrogens is 398 g/mol. The number of rotatable bonds is 7.